The lowest BCUT2D eigenvalue weighted by Gasteiger charge is -2.41. The molecule has 172 valence electrons. The summed E-state index contributed by atoms with van der Waals surface area (Å²) >= 11 is 0. The largest absolute Gasteiger partial charge is 0.497 e. The Morgan fingerprint density at radius 1 is 0.844 bits per heavy atom. The van der Waals surface area contributed by atoms with Crippen LogP contribution in [0.1, 0.15) is 41.5 Å². The average molecular weight is 454 g/mol. The molecular formula is C26H35NO4Si. The van der Waals surface area contributed by atoms with Crippen molar-refractivity contribution < 1.29 is 19.0 Å². The molecule has 0 saturated heterocycles. The van der Waals surface area contributed by atoms with Crippen LogP contribution in [-0.4, -0.2) is 28.2 Å². The van der Waals surface area contributed by atoms with Gasteiger partial charge in [0.25, 0.3) is 5.91 Å². The first-order chi connectivity index (χ1) is 15.1. The maximum Gasteiger partial charge on any atom is 0.297 e. The zero-order valence-corrected chi connectivity index (χ0v) is 21.4. The van der Waals surface area contributed by atoms with E-state index in [0.717, 1.165) is 11.4 Å². The number of carbonyl (C=O) groups excluding carboxylic acids is 1. The van der Waals surface area contributed by atoms with Crippen molar-refractivity contribution in [1.82, 2.24) is 0 Å². The lowest BCUT2D eigenvalue weighted by atomic mass is 10.1. The predicted molar refractivity (Wildman–Crippen MR) is 133 cm³/mol. The highest BCUT2D eigenvalue weighted by Crippen LogP contribution is 2.46. The lowest BCUT2D eigenvalue weighted by molar-refractivity contribution is -0.116. The van der Waals surface area contributed by atoms with Crippen LogP contribution in [0.25, 0.3) is 0 Å². The number of ether oxygens (including phenoxy) is 3. The van der Waals surface area contributed by atoms with Gasteiger partial charge in [-0.05, 0) is 58.7 Å². The molecule has 6 heteroatoms. The van der Waals surface area contributed by atoms with E-state index in [9.17, 15) is 4.79 Å². The lowest BCUT2D eigenvalue weighted by Crippen LogP contribution is -2.45. The Morgan fingerprint density at radius 2 is 1.38 bits per heavy atom. The van der Waals surface area contributed by atoms with Crippen molar-refractivity contribution in [1.29, 1.82) is 0 Å². The molecule has 0 radical (unpaired) electrons. The van der Waals surface area contributed by atoms with Crippen molar-refractivity contribution in [2.24, 2.45) is 0 Å². The van der Waals surface area contributed by atoms with Crippen molar-refractivity contribution >= 4 is 25.4 Å². The first-order valence-corrected chi connectivity index (χ1v) is 13.5. The Kier molecular flexibility index (Phi) is 7.03. The SMILES string of the molecule is COc1ccc(N2C(=O)/C(=C/[Si](C(C)C)(C(C)C)C(C)C)Oc3ccc(OC)cc32)cc1. The van der Waals surface area contributed by atoms with E-state index in [1.807, 2.05) is 42.5 Å². The Hall–Kier alpha value is -2.73. The molecule has 0 saturated carbocycles. The molecule has 5 nitrogen and oxygen atoms in total. The minimum absolute atomic E-state index is 0.158. The number of benzene rings is 2. The third-order valence-electron chi connectivity index (χ3n) is 6.75. The fourth-order valence-corrected chi connectivity index (χ4v) is 10.7. The zero-order valence-electron chi connectivity index (χ0n) is 20.4. The smallest absolute Gasteiger partial charge is 0.297 e. The van der Waals surface area contributed by atoms with E-state index >= 15 is 0 Å². The van der Waals surface area contributed by atoms with Crippen LogP contribution in [0.5, 0.6) is 17.2 Å². The maximum absolute atomic E-state index is 13.9. The molecule has 0 N–H and O–H groups in total. The molecule has 1 aliphatic rings. The molecule has 1 aliphatic heterocycles. The van der Waals surface area contributed by atoms with Crippen LogP contribution in [0.3, 0.4) is 0 Å². The van der Waals surface area contributed by atoms with E-state index in [2.05, 4.69) is 47.2 Å². The van der Waals surface area contributed by atoms with Gasteiger partial charge in [-0.2, -0.15) is 0 Å². The first kappa shape index (κ1) is 23.9. The normalized spacial score (nSPS) is 15.4. The summed E-state index contributed by atoms with van der Waals surface area (Å²) in [4.78, 5) is 15.6. The summed E-state index contributed by atoms with van der Waals surface area (Å²) in [7, 11) is 1.22. The van der Waals surface area contributed by atoms with Crippen molar-refractivity contribution in [3.8, 4) is 17.2 Å². The molecule has 2 aromatic carbocycles. The van der Waals surface area contributed by atoms with E-state index in [0.29, 0.717) is 39.6 Å². The Bertz CT molecular complexity index is 974. The molecule has 0 fully saturated rings. The monoisotopic (exact) mass is 453 g/mol. The number of rotatable bonds is 7. The Morgan fingerprint density at radius 3 is 1.88 bits per heavy atom. The summed E-state index contributed by atoms with van der Waals surface area (Å²) < 4.78 is 17.0. The highest BCUT2D eigenvalue weighted by molar-refractivity contribution is 6.88. The quantitative estimate of drug-likeness (QED) is 0.339. The molecule has 0 atom stereocenters. The molecule has 3 rings (SSSR count). The summed E-state index contributed by atoms with van der Waals surface area (Å²) in [6, 6.07) is 13.1. The Balaban J connectivity index is 2.21. The van der Waals surface area contributed by atoms with E-state index in [1.165, 1.54) is 0 Å². The Labute approximate surface area is 193 Å². The van der Waals surface area contributed by atoms with Crippen molar-refractivity contribution in [3.63, 3.8) is 0 Å². The van der Waals surface area contributed by atoms with E-state index in [4.69, 9.17) is 14.2 Å². The van der Waals surface area contributed by atoms with E-state index in [1.54, 1.807) is 19.1 Å². The third kappa shape index (κ3) is 4.16. The minimum Gasteiger partial charge on any atom is -0.497 e. The fourth-order valence-electron chi connectivity index (χ4n) is 5.07. The van der Waals surface area contributed by atoms with Crippen LogP contribution < -0.4 is 19.1 Å². The van der Waals surface area contributed by atoms with Crippen LogP contribution in [0.4, 0.5) is 11.4 Å². The highest BCUT2D eigenvalue weighted by atomic mass is 28.3. The molecule has 1 amide bonds. The standard InChI is InChI=1S/C26H35NO4Si/c1-17(2)32(18(3)4,19(5)6)16-25-26(28)27(20-9-11-21(29-7)12-10-20)23-15-22(30-8)13-14-24(23)31-25/h9-19H,1-8H3/b25-16-. The zero-order chi connectivity index (χ0) is 23.6. The average Bonchev–Trinajstić information content (AvgIpc) is 2.76. The number of carbonyl (C=O) groups is 1. The second-order valence-corrected chi connectivity index (χ2v) is 15.0. The number of methoxy groups -OCH3 is 2. The molecule has 0 unspecified atom stereocenters. The summed E-state index contributed by atoms with van der Waals surface area (Å²) in [5, 5.41) is 0. The van der Waals surface area contributed by atoms with Gasteiger partial charge in [0.1, 0.15) is 11.5 Å². The summed E-state index contributed by atoms with van der Waals surface area (Å²) in [6.45, 7) is 13.6. The maximum atomic E-state index is 13.9. The summed E-state index contributed by atoms with van der Waals surface area (Å²) in [6.07, 6.45) is 0. The van der Waals surface area contributed by atoms with Crippen molar-refractivity contribution in [2.45, 2.75) is 58.2 Å². The van der Waals surface area contributed by atoms with Gasteiger partial charge in [-0.1, -0.05) is 41.5 Å². The molecule has 2 aromatic rings. The van der Waals surface area contributed by atoms with E-state index in [-0.39, 0.29) is 5.91 Å². The van der Waals surface area contributed by atoms with Gasteiger partial charge in [-0.3, -0.25) is 9.69 Å². The number of amides is 1. The van der Waals surface area contributed by atoms with Gasteiger partial charge in [-0.25, -0.2) is 0 Å². The highest BCUT2D eigenvalue weighted by Gasteiger charge is 2.44. The van der Waals surface area contributed by atoms with Gasteiger partial charge in [0.2, 0.25) is 0 Å². The van der Waals surface area contributed by atoms with Gasteiger partial charge < -0.3 is 14.2 Å². The second-order valence-electron chi connectivity index (χ2n) is 9.25. The van der Waals surface area contributed by atoms with Crippen molar-refractivity contribution in [3.05, 3.63) is 53.9 Å². The number of anilines is 2. The molecule has 32 heavy (non-hydrogen) atoms. The van der Waals surface area contributed by atoms with Crippen LogP contribution in [0, 0.1) is 0 Å². The number of fused-ring (bicyclic) bond motifs is 1. The van der Waals surface area contributed by atoms with Gasteiger partial charge in [0.15, 0.2) is 11.5 Å². The summed E-state index contributed by atoms with van der Waals surface area (Å²) in [5.41, 5.74) is 5.04. The number of hydrogen-bond acceptors (Lipinski definition) is 4. The van der Waals surface area contributed by atoms with Crippen LogP contribution in [0.2, 0.25) is 16.6 Å². The molecule has 0 aromatic heterocycles. The number of nitrogens with zero attached hydrogens (tertiary/aromatic N) is 1. The topological polar surface area (TPSA) is 48.0 Å². The van der Waals surface area contributed by atoms with Crippen LogP contribution >= 0.6 is 0 Å². The number of hydrogen-bond donors (Lipinski definition) is 0. The van der Waals surface area contributed by atoms with E-state index < -0.39 is 8.07 Å². The second kappa shape index (κ2) is 9.41. The van der Waals surface area contributed by atoms with Gasteiger partial charge >= 0.3 is 0 Å². The molecule has 0 aliphatic carbocycles. The predicted octanol–water partition coefficient (Wildman–Crippen LogP) is 6.86. The third-order valence-corrected chi connectivity index (χ3v) is 13.5. The van der Waals surface area contributed by atoms with Crippen LogP contribution in [-0.2, 0) is 4.79 Å². The molecule has 1 heterocycles. The van der Waals surface area contributed by atoms with Gasteiger partial charge in [0.05, 0.1) is 28.0 Å². The van der Waals surface area contributed by atoms with Crippen molar-refractivity contribution in [2.75, 3.05) is 19.1 Å². The summed E-state index contributed by atoms with van der Waals surface area (Å²) in [5.74, 6) is 2.31. The fraction of sp³-hybridized carbons (Fsp3) is 0.423. The minimum atomic E-state index is -2.02. The van der Waals surface area contributed by atoms with Gasteiger partial charge in [-0.15, -0.1) is 0 Å². The molecule has 0 bridgehead atoms. The first-order valence-electron chi connectivity index (χ1n) is 11.2. The molecule has 0 spiro atoms. The van der Waals surface area contributed by atoms with Crippen LogP contribution in [0.15, 0.2) is 53.9 Å². The molecular weight excluding hydrogens is 418 g/mol. The van der Waals surface area contributed by atoms with Gasteiger partial charge in [0, 0.05) is 11.8 Å².